The number of aromatic nitrogens is 2. The highest BCUT2D eigenvalue weighted by Crippen LogP contribution is 2.54. The van der Waals surface area contributed by atoms with E-state index in [1.807, 2.05) is 0 Å². The zero-order valence-electron chi connectivity index (χ0n) is 37.9. The average Bonchev–Trinajstić information content (AvgIpc) is 3.91. The molecule has 0 aliphatic carbocycles. The zero-order chi connectivity index (χ0) is 45.1. The van der Waals surface area contributed by atoms with E-state index in [1.54, 1.807) is 0 Å². The van der Waals surface area contributed by atoms with Crippen molar-refractivity contribution >= 4 is 82.2 Å². The van der Waals surface area contributed by atoms with E-state index < -0.39 is 0 Å². The number of fused-ring (bicyclic) bond motifs is 11. The van der Waals surface area contributed by atoms with Gasteiger partial charge >= 0.3 is 0 Å². The van der Waals surface area contributed by atoms with Crippen molar-refractivity contribution in [3.8, 4) is 33.6 Å². The van der Waals surface area contributed by atoms with E-state index in [0.717, 1.165) is 17.1 Å². The molecule has 0 radical (unpaired) electrons. The molecule has 0 fully saturated rings. The van der Waals surface area contributed by atoms with Gasteiger partial charge in [-0.3, -0.25) is 0 Å². The molecule has 0 saturated carbocycles. The molecule has 0 N–H and O–H groups in total. The van der Waals surface area contributed by atoms with Crippen LogP contribution >= 0.6 is 0 Å². The molecule has 11 aromatic carbocycles. The Morgan fingerprint density at radius 1 is 0.279 bits per heavy atom. The summed E-state index contributed by atoms with van der Waals surface area (Å²) in [5, 5.41) is 10.1. The second-order valence-corrected chi connectivity index (χ2v) is 19.0. The van der Waals surface area contributed by atoms with Crippen molar-refractivity contribution < 1.29 is 0 Å². The van der Waals surface area contributed by atoms with Crippen LogP contribution in [0.5, 0.6) is 0 Å². The predicted octanol–water partition coefficient (Wildman–Crippen LogP) is 17.6. The Balaban J connectivity index is 0.964. The first-order chi connectivity index (χ1) is 33.5. The Hall–Kier alpha value is -8.66. The molecule has 0 unspecified atom stereocenters. The van der Waals surface area contributed by atoms with Gasteiger partial charge < -0.3 is 14.0 Å². The van der Waals surface area contributed by atoms with Gasteiger partial charge in [0.15, 0.2) is 0 Å². The maximum absolute atomic E-state index is 2.51. The third-order valence-corrected chi connectivity index (χ3v) is 14.9. The highest BCUT2D eigenvalue weighted by atomic mass is 15.2. The minimum atomic E-state index is -0.341. The molecule has 13 aromatic rings. The van der Waals surface area contributed by atoms with Crippen LogP contribution in [0, 0.1) is 0 Å². The summed E-state index contributed by atoms with van der Waals surface area (Å²) in [6, 6.07) is 87.6. The van der Waals surface area contributed by atoms with Crippen molar-refractivity contribution in [2.75, 3.05) is 4.90 Å². The van der Waals surface area contributed by atoms with Crippen LogP contribution in [0.2, 0.25) is 0 Å². The summed E-state index contributed by atoms with van der Waals surface area (Å²) in [6.07, 6.45) is 0. The van der Waals surface area contributed by atoms with E-state index in [9.17, 15) is 0 Å². The lowest BCUT2D eigenvalue weighted by Crippen LogP contribution is -2.30. The Morgan fingerprint density at radius 2 is 0.691 bits per heavy atom. The zero-order valence-corrected chi connectivity index (χ0v) is 37.9. The molecule has 0 amide bonds. The topological polar surface area (TPSA) is 13.1 Å². The molecule has 0 bridgehead atoms. The molecule has 68 heavy (non-hydrogen) atoms. The molecule has 14 rings (SSSR count). The number of rotatable bonds is 5. The first kappa shape index (κ1) is 38.6. The summed E-state index contributed by atoms with van der Waals surface area (Å²) < 4.78 is 4.82. The first-order valence-corrected chi connectivity index (χ1v) is 23.7. The molecule has 2 aromatic heterocycles. The molecule has 0 saturated heterocycles. The van der Waals surface area contributed by atoms with Gasteiger partial charge in [0.05, 0.1) is 33.4 Å². The van der Waals surface area contributed by atoms with Crippen molar-refractivity contribution in [3.63, 3.8) is 0 Å². The monoisotopic (exact) mass is 867 g/mol. The van der Waals surface area contributed by atoms with Crippen molar-refractivity contribution in [1.82, 2.24) is 9.13 Å². The van der Waals surface area contributed by atoms with Crippen molar-refractivity contribution in [2.24, 2.45) is 0 Å². The maximum Gasteiger partial charge on any atom is 0.0547 e. The summed E-state index contributed by atoms with van der Waals surface area (Å²) in [6.45, 7) is 4.82. The SMILES string of the molecule is CC1(C)c2cc(-c3ccc4c5ccccc5n(-c5ccccc5)c4c3)ccc2N(c2ccc3c(ccc4ccccc43)c2)c2ccc(-c3ccc4c5ccccc5n(-c5ccccc5)c4c3)cc21. The Bertz CT molecular complexity index is 3960. The Labute approximate surface area is 395 Å². The number of benzene rings is 11. The summed E-state index contributed by atoms with van der Waals surface area (Å²) in [5.74, 6) is 0. The first-order valence-electron chi connectivity index (χ1n) is 23.7. The van der Waals surface area contributed by atoms with Crippen LogP contribution in [-0.2, 0) is 5.41 Å². The number of hydrogen-bond acceptors (Lipinski definition) is 1. The van der Waals surface area contributed by atoms with E-state index in [0.29, 0.717) is 0 Å². The lowest BCUT2D eigenvalue weighted by atomic mass is 9.72. The molecule has 3 heterocycles. The van der Waals surface area contributed by atoms with E-state index >= 15 is 0 Å². The molecule has 1 aliphatic rings. The second-order valence-electron chi connectivity index (χ2n) is 19.0. The normalized spacial score (nSPS) is 13.2. The average molecular weight is 868 g/mol. The molecule has 3 nitrogen and oxygen atoms in total. The minimum absolute atomic E-state index is 0.341. The highest BCUT2D eigenvalue weighted by molar-refractivity contribution is 6.12. The van der Waals surface area contributed by atoms with Gasteiger partial charge in [-0.2, -0.15) is 0 Å². The number of hydrogen-bond donors (Lipinski definition) is 0. The van der Waals surface area contributed by atoms with Gasteiger partial charge in [0.1, 0.15) is 0 Å². The quantitative estimate of drug-likeness (QED) is 0.157. The van der Waals surface area contributed by atoms with Crippen LogP contribution in [0.3, 0.4) is 0 Å². The third-order valence-electron chi connectivity index (χ3n) is 14.9. The van der Waals surface area contributed by atoms with Crippen molar-refractivity contribution in [3.05, 3.63) is 248 Å². The molecule has 320 valence electrons. The smallest absolute Gasteiger partial charge is 0.0547 e. The van der Waals surface area contributed by atoms with E-state index in [1.165, 1.54) is 110 Å². The van der Waals surface area contributed by atoms with E-state index in [-0.39, 0.29) is 5.41 Å². The summed E-state index contributed by atoms with van der Waals surface area (Å²) in [7, 11) is 0. The molecular weight excluding hydrogens is 823 g/mol. The maximum atomic E-state index is 2.51. The molecule has 0 atom stereocenters. The van der Waals surface area contributed by atoms with Crippen LogP contribution in [0.1, 0.15) is 25.0 Å². The molecule has 3 heteroatoms. The fourth-order valence-electron chi connectivity index (χ4n) is 11.5. The number of para-hydroxylation sites is 4. The highest BCUT2D eigenvalue weighted by Gasteiger charge is 2.38. The fourth-order valence-corrected chi connectivity index (χ4v) is 11.5. The van der Waals surface area contributed by atoms with Crippen molar-refractivity contribution in [1.29, 1.82) is 0 Å². The largest absolute Gasteiger partial charge is 0.310 e. The summed E-state index contributed by atoms with van der Waals surface area (Å²) >= 11 is 0. The van der Waals surface area contributed by atoms with E-state index in [2.05, 4.69) is 264 Å². The van der Waals surface area contributed by atoms with Gasteiger partial charge in [-0.15, -0.1) is 0 Å². The molecule has 1 aliphatic heterocycles. The standard InChI is InChI=1S/C65H45N3/c1-65(2)57-38-43(45-27-32-55-53-21-11-13-23-59(53)66(63(55)40-45)48-16-5-3-6-17-48)29-35-61(57)68(50-31-34-52-47(37-50)26-25-42-15-9-10-20-51(42)52)62-36-30-44(39-58(62)65)46-28-33-56-54-22-12-14-24-60(54)67(64(56)41-46)49-18-7-4-8-19-49/h3-41H,1-2H3. The summed E-state index contributed by atoms with van der Waals surface area (Å²) in [4.78, 5) is 2.51. The van der Waals surface area contributed by atoms with Gasteiger partial charge in [0.2, 0.25) is 0 Å². The van der Waals surface area contributed by atoms with Crippen LogP contribution in [0.4, 0.5) is 17.1 Å². The van der Waals surface area contributed by atoms with Gasteiger partial charge in [-0.1, -0.05) is 166 Å². The van der Waals surface area contributed by atoms with Crippen LogP contribution in [0.15, 0.2) is 237 Å². The van der Waals surface area contributed by atoms with Crippen LogP contribution in [0.25, 0.3) is 98.8 Å². The third kappa shape index (κ3) is 5.72. The number of nitrogens with zero attached hydrogens (tertiary/aromatic N) is 3. The van der Waals surface area contributed by atoms with Crippen LogP contribution in [-0.4, -0.2) is 9.13 Å². The Kier molecular flexibility index (Phi) is 8.33. The lowest BCUT2D eigenvalue weighted by molar-refractivity contribution is 0.632. The summed E-state index contributed by atoms with van der Waals surface area (Å²) in [5.41, 5.74) is 17.7. The number of anilines is 3. The van der Waals surface area contributed by atoms with Gasteiger partial charge in [-0.05, 0) is 140 Å². The second kappa shape index (κ2) is 14.7. The van der Waals surface area contributed by atoms with Crippen LogP contribution < -0.4 is 4.90 Å². The van der Waals surface area contributed by atoms with Crippen molar-refractivity contribution in [2.45, 2.75) is 19.3 Å². The lowest BCUT2D eigenvalue weighted by Gasteiger charge is -2.42. The van der Waals surface area contributed by atoms with Gasteiger partial charge in [0.25, 0.3) is 0 Å². The van der Waals surface area contributed by atoms with Gasteiger partial charge in [0, 0.05) is 44.0 Å². The predicted molar refractivity (Wildman–Crippen MR) is 288 cm³/mol. The molecule has 0 spiro atoms. The molecular formula is C65H45N3. The van der Waals surface area contributed by atoms with E-state index in [4.69, 9.17) is 0 Å². The Morgan fingerprint density at radius 3 is 1.25 bits per heavy atom. The minimum Gasteiger partial charge on any atom is -0.310 e. The fraction of sp³-hybridized carbons (Fsp3) is 0.0462. The van der Waals surface area contributed by atoms with Gasteiger partial charge in [-0.25, -0.2) is 0 Å².